The van der Waals surface area contributed by atoms with E-state index in [-0.39, 0.29) is 11.7 Å². The van der Waals surface area contributed by atoms with E-state index in [1.807, 2.05) is 43.6 Å². The Morgan fingerprint density at radius 1 is 1.21 bits per heavy atom. The molecule has 2 aromatic heterocycles. The number of nitrogens with zero attached hydrogens (tertiary/aromatic N) is 4. The van der Waals surface area contributed by atoms with Gasteiger partial charge >= 0.3 is 0 Å². The van der Waals surface area contributed by atoms with Gasteiger partial charge in [-0.15, -0.1) is 11.8 Å². The van der Waals surface area contributed by atoms with Gasteiger partial charge in [-0.3, -0.25) is 9.48 Å². The van der Waals surface area contributed by atoms with Gasteiger partial charge in [-0.1, -0.05) is 30.7 Å². The quantitative estimate of drug-likeness (QED) is 0.607. The summed E-state index contributed by atoms with van der Waals surface area (Å²) < 4.78 is 3.37. The van der Waals surface area contributed by atoms with E-state index in [1.54, 1.807) is 27.2 Å². The molecule has 6 nitrogen and oxygen atoms in total. The van der Waals surface area contributed by atoms with Crippen molar-refractivity contribution in [2.45, 2.75) is 30.7 Å². The van der Waals surface area contributed by atoms with Crippen molar-refractivity contribution in [2.24, 2.45) is 7.05 Å². The molecule has 1 atom stereocenters. The SMILES string of the molecule is CCSc1nn(-c2ccn(C)n2)c(N)c1C1=CC(=O)CC(c2ccc(Cl)cc2)C1. The lowest BCUT2D eigenvalue weighted by Gasteiger charge is -2.23. The van der Waals surface area contributed by atoms with Crippen molar-refractivity contribution >= 4 is 40.5 Å². The molecule has 2 N–H and O–H groups in total. The molecule has 2 heterocycles. The number of halogens is 1. The van der Waals surface area contributed by atoms with Crippen molar-refractivity contribution in [2.75, 3.05) is 11.5 Å². The van der Waals surface area contributed by atoms with Crippen LogP contribution in [0.5, 0.6) is 0 Å². The van der Waals surface area contributed by atoms with Crippen LogP contribution in [-0.2, 0) is 11.8 Å². The Morgan fingerprint density at radius 2 is 1.97 bits per heavy atom. The highest BCUT2D eigenvalue weighted by Gasteiger charge is 2.28. The zero-order valence-corrected chi connectivity index (χ0v) is 17.9. The lowest BCUT2D eigenvalue weighted by Crippen LogP contribution is -2.13. The highest BCUT2D eigenvalue weighted by atomic mass is 35.5. The molecule has 1 aliphatic carbocycles. The van der Waals surface area contributed by atoms with Crippen molar-refractivity contribution in [3.8, 4) is 5.82 Å². The zero-order chi connectivity index (χ0) is 20.5. The average Bonchev–Trinajstić information content (AvgIpc) is 3.25. The number of hydrogen-bond donors (Lipinski definition) is 1. The Morgan fingerprint density at radius 3 is 2.62 bits per heavy atom. The minimum atomic E-state index is 0.0943. The molecule has 4 rings (SSSR count). The van der Waals surface area contributed by atoms with Crippen molar-refractivity contribution in [1.82, 2.24) is 19.6 Å². The third-order valence-corrected chi connectivity index (χ3v) is 6.10. The maximum atomic E-state index is 12.6. The average molecular weight is 428 g/mol. The van der Waals surface area contributed by atoms with Crippen LogP contribution in [0, 0.1) is 0 Å². The molecule has 29 heavy (non-hydrogen) atoms. The minimum Gasteiger partial charge on any atom is -0.383 e. The summed E-state index contributed by atoms with van der Waals surface area (Å²) in [4.78, 5) is 12.6. The van der Waals surface area contributed by atoms with Crippen molar-refractivity contribution < 1.29 is 4.79 Å². The lowest BCUT2D eigenvalue weighted by molar-refractivity contribution is -0.115. The fourth-order valence-electron chi connectivity index (χ4n) is 3.68. The van der Waals surface area contributed by atoms with Gasteiger partial charge in [-0.2, -0.15) is 14.9 Å². The van der Waals surface area contributed by atoms with Gasteiger partial charge in [0.2, 0.25) is 0 Å². The van der Waals surface area contributed by atoms with E-state index in [0.29, 0.717) is 23.1 Å². The molecule has 0 bridgehead atoms. The van der Waals surface area contributed by atoms with Crippen LogP contribution in [0.2, 0.25) is 5.02 Å². The van der Waals surface area contributed by atoms with Gasteiger partial charge in [-0.25, -0.2) is 0 Å². The maximum absolute atomic E-state index is 12.6. The van der Waals surface area contributed by atoms with E-state index in [9.17, 15) is 4.79 Å². The van der Waals surface area contributed by atoms with Crippen LogP contribution in [-0.4, -0.2) is 31.1 Å². The molecule has 3 aromatic rings. The normalized spacial score (nSPS) is 16.9. The number of carbonyl (C=O) groups excluding carboxylic acids is 1. The van der Waals surface area contributed by atoms with Crippen LogP contribution in [0.4, 0.5) is 5.82 Å². The van der Waals surface area contributed by atoms with Gasteiger partial charge in [0.05, 0.1) is 5.56 Å². The number of aryl methyl sites for hydroxylation is 1. The predicted octanol–water partition coefficient (Wildman–Crippen LogP) is 4.48. The van der Waals surface area contributed by atoms with Crippen molar-refractivity contribution in [1.29, 1.82) is 0 Å². The Labute approximate surface area is 178 Å². The number of nitrogen functional groups attached to an aromatic ring is 1. The number of rotatable bonds is 5. The largest absolute Gasteiger partial charge is 0.383 e. The molecule has 0 saturated heterocycles. The van der Waals surface area contributed by atoms with Gasteiger partial charge in [0.25, 0.3) is 0 Å². The molecule has 1 aromatic carbocycles. The number of ketones is 1. The molecular weight excluding hydrogens is 406 g/mol. The summed E-state index contributed by atoms with van der Waals surface area (Å²) in [6.45, 7) is 2.07. The fraction of sp³-hybridized carbons (Fsp3) is 0.286. The number of thioether (sulfide) groups is 1. The van der Waals surface area contributed by atoms with Crippen LogP contribution in [0.15, 0.2) is 47.6 Å². The molecule has 0 radical (unpaired) electrons. The Balaban J connectivity index is 1.75. The highest BCUT2D eigenvalue weighted by molar-refractivity contribution is 7.99. The van der Waals surface area contributed by atoms with E-state index in [0.717, 1.165) is 33.9 Å². The van der Waals surface area contributed by atoms with Gasteiger partial charge in [0.1, 0.15) is 10.8 Å². The molecule has 0 spiro atoms. The van der Waals surface area contributed by atoms with Crippen LogP contribution >= 0.6 is 23.4 Å². The van der Waals surface area contributed by atoms with Crippen molar-refractivity contribution in [3.63, 3.8) is 0 Å². The topological polar surface area (TPSA) is 78.7 Å². The predicted molar refractivity (Wildman–Crippen MR) is 118 cm³/mol. The molecule has 1 unspecified atom stereocenters. The number of allylic oxidation sites excluding steroid dienone is 2. The highest BCUT2D eigenvalue weighted by Crippen LogP contribution is 2.42. The number of hydrogen-bond acceptors (Lipinski definition) is 5. The second-order valence-corrected chi connectivity index (χ2v) is 8.74. The number of anilines is 1. The standard InChI is InChI=1S/C21H22ClN5OS/c1-3-29-21-19(20(23)27(25-21)18-8-9-26(2)24-18)15-10-14(11-17(28)12-15)13-4-6-16(22)7-5-13/h4-9,12,14H,3,10-11,23H2,1-2H3. The molecule has 0 fully saturated rings. The van der Waals surface area contributed by atoms with E-state index < -0.39 is 0 Å². The van der Waals surface area contributed by atoms with Gasteiger partial charge < -0.3 is 5.73 Å². The number of nitrogens with two attached hydrogens (primary N) is 1. The first-order chi connectivity index (χ1) is 14.0. The Bertz CT molecular complexity index is 1080. The number of carbonyl (C=O) groups is 1. The van der Waals surface area contributed by atoms with Crippen LogP contribution < -0.4 is 5.73 Å². The monoisotopic (exact) mass is 427 g/mol. The maximum Gasteiger partial charge on any atom is 0.177 e. The molecule has 8 heteroatoms. The molecule has 1 aliphatic rings. The second-order valence-electron chi connectivity index (χ2n) is 7.05. The summed E-state index contributed by atoms with van der Waals surface area (Å²) in [5, 5.41) is 10.6. The van der Waals surface area contributed by atoms with Crippen molar-refractivity contribution in [3.05, 3.63) is 58.8 Å². The fourth-order valence-corrected chi connectivity index (χ4v) is 4.60. The third kappa shape index (κ3) is 3.97. The molecule has 150 valence electrons. The van der Waals surface area contributed by atoms with E-state index in [1.165, 1.54) is 0 Å². The first-order valence-corrected chi connectivity index (χ1v) is 10.8. The van der Waals surface area contributed by atoms with Gasteiger partial charge in [0.15, 0.2) is 11.6 Å². The van der Waals surface area contributed by atoms with E-state index in [4.69, 9.17) is 22.4 Å². The summed E-state index contributed by atoms with van der Waals surface area (Å²) in [5.74, 6) is 2.22. The number of benzene rings is 1. The summed E-state index contributed by atoms with van der Waals surface area (Å²) in [5.41, 5.74) is 9.40. The first kappa shape index (κ1) is 19.8. The smallest absolute Gasteiger partial charge is 0.177 e. The molecule has 0 saturated carbocycles. The molecule has 0 amide bonds. The van der Waals surface area contributed by atoms with Crippen LogP contribution in [0.25, 0.3) is 11.4 Å². The summed E-state index contributed by atoms with van der Waals surface area (Å²) in [6.07, 6.45) is 4.78. The third-order valence-electron chi connectivity index (χ3n) is 5.00. The first-order valence-electron chi connectivity index (χ1n) is 9.46. The summed E-state index contributed by atoms with van der Waals surface area (Å²) in [6, 6.07) is 9.58. The Hall–Kier alpha value is -2.51. The van der Waals surface area contributed by atoms with E-state index in [2.05, 4.69) is 12.0 Å². The van der Waals surface area contributed by atoms with E-state index >= 15 is 0 Å². The number of aromatic nitrogens is 4. The molecular formula is C21H22ClN5OS. The zero-order valence-electron chi connectivity index (χ0n) is 16.3. The summed E-state index contributed by atoms with van der Waals surface area (Å²) in [7, 11) is 1.85. The second kappa shape index (κ2) is 8.08. The Kier molecular flexibility index (Phi) is 5.52. The minimum absolute atomic E-state index is 0.0943. The van der Waals surface area contributed by atoms with Crippen LogP contribution in [0.1, 0.15) is 36.8 Å². The molecule has 0 aliphatic heterocycles. The lowest BCUT2D eigenvalue weighted by atomic mass is 9.81. The van der Waals surface area contributed by atoms with Gasteiger partial charge in [0, 0.05) is 30.8 Å². The van der Waals surface area contributed by atoms with Crippen LogP contribution in [0.3, 0.4) is 0 Å². The van der Waals surface area contributed by atoms with Gasteiger partial charge in [-0.05, 0) is 47.4 Å². The summed E-state index contributed by atoms with van der Waals surface area (Å²) >= 11 is 7.64.